The van der Waals surface area contributed by atoms with Crippen molar-refractivity contribution in [2.24, 2.45) is 0 Å². The fraction of sp³-hybridized carbons (Fsp3) is 0.333. The van der Waals surface area contributed by atoms with E-state index < -0.39 is 0 Å². The van der Waals surface area contributed by atoms with Crippen LogP contribution in [0.3, 0.4) is 0 Å². The van der Waals surface area contributed by atoms with E-state index in [2.05, 4.69) is 85.1 Å². The lowest BCUT2D eigenvalue weighted by Crippen LogP contribution is -2.23. The third-order valence-electron chi connectivity index (χ3n) is 5.38. The van der Waals surface area contributed by atoms with Crippen LogP contribution in [0.5, 0.6) is 0 Å². The highest BCUT2D eigenvalue weighted by Gasteiger charge is 2.26. The molecule has 0 aliphatic carbocycles. The first-order valence-electron chi connectivity index (χ1n) is 9.71. The number of rotatable bonds is 3. The Morgan fingerprint density at radius 1 is 0.786 bits per heavy atom. The molecule has 0 aliphatic heterocycles. The van der Waals surface area contributed by atoms with Crippen molar-refractivity contribution in [3.63, 3.8) is 0 Å². The molecule has 0 unspecified atom stereocenters. The molecule has 2 aromatic carbocycles. The minimum atomic E-state index is -0.193. The topological polar surface area (TPSA) is 51.6 Å². The summed E-state index contributed by atoms with van der Waals surface area (Å²) < 4.78 is 0. The molecule has 4 heteroatoms. The second-order valence-corrected chi connectivity index (χ2v) is 9.15. The van der Waals surface area contributed by atoms with Crippen molar-refractivity contribution < 1.29 is 0 Å². The van der Waals surface area contributed by atoms with Gasteiger partial charge in [0.15, 0.2) is 0 Å². The highest BCUT2D eigenvalue weighted by Crippen LogP contribution is 2.31. The van der Waals surface area contributed by atoms with Crippen LogP contribution in [0, 0.1) is 0 Å². The Balaban J connectivity index is 1.73. The second kappa shape index (κ2) is 6.62. The van der Waals surface area contributed by atoms with Gasteiger partial charge in [-0.3, -0.25) is 0 Å². The summed E-state index contributed by atoms with van der Waals surface area (Å²) in [7, 11) is 0. The molecule has 2 aromatic heterocycles. The minimum absolute atomic E-state index is 0.0965. The number of fused-ring (bicyclic) bond motifs is 2. The fourth-order valence-corrected chi connectivity index (χ4v) is 3.54. The highest BCUT2D eigenvalue weighted by molar-refractivity contribution is 5.82. The van der Waals surface area contributed by atoms with Crippen LogP contribution >= 0.6 is 0 Å². The first kappa shape index (κ1) is 18.5. The van der Waals surface area contributed by atoms with E-state index in [0.717, 1.165) is 39.6 Å². The van der Waals surface area contributed by atoms with Crippen LogP contribution in [0.1, 0.15) is 51.6 Å². The van der Waals surface area contributed by atoms with Crippen LogP contribution in [0.4, 0.5) is 0 Å². The van der Waals surface area contributed by atoms with E-state index in [4.69, 9.17) is 0 Å². The lowest BCUT2D eigenvalue weighted by Gasteiger charge is -2.24. The zero-order valence-electron chi connectivity index (χ0n) is 17.2. The molecule has 28 heavy (non-hydrogen) atoms. The van der Waals surface area contributed by atoms with E-state index >= 15 is 0 Å². The molecule has 0 bridgehead atoms. The van der Waals surface area contributed by atoms with Crippen LogP contribution in [0.25, 0.3) is 21.8 Å². The molecule has 0 radical (unpaired) electrons. The van der Waals surface area contributed by atoms with E-state index in [1.54, 1.807) is 6.33 Å². The summed E-state index contributed by atoms with van der Waals surface area (Å²) in [6.45, 7) is 11.1. The van der Waals surface area contributed by atoms with Crippen LogP contribution in [0.2, 0.25) is 0 Å². The third-order valence-corrected chi connectivity index (χ3v) is 5.38. The zero-order valence-corrected chi connectivity index (χ0v) is 17.2. The monoisotopic (exact) mass is 370 g/mol. The molecule has 0 spiro atoms. The van der Waals surface area contributed by atoms with Gasteiger partial charge >= 0.3 is 0 Å². The first-order valence-corrected chi connectivity index (χ1v) is 9.71. The van der Waals surface area contributed by atoms with Crippen LogP contribution in [-0.4, -0.2) is 20.2 Å². The van der Waals surface area contributed by atoms with Crippen molar-refractivity contribution in [1.29, 1.82) is 0 Å². The smallest absolute Gasteiger partial charge is 0.116 e. The van der Waals surface area contributed by atoms with Gasteiger partial charge in [-0.25, -0.2) is 9.97 Å². The number of hydrogen-bond acceptors (Lipinski definition) is 4. The lowest BCUT2D eigenvalue weighted by molar-refractivity contribution is 0.495. The van der Waals surface area contributed by atoms with E-state index in [1.807, 2.05) is 18.2 Å². The summed E-state index contributed by atoms with van der Waals surface area (Å²) in [6, 6.07) is 16.8. The molecule has 0 N–H and O–H groups in total. The summed E-state index contributed by atoms with van der Waals surface area (Å²) in [6.07, 6.45) is 2.44. The summed E-state index contributed by atoms with van der Waals surface area (Å²) in [5.74, 6) is 0. The molecule has 4 aromatic rings. The summed E-state index contributed by atoms with van der Waals surface area (Å²) in [4.78, 5) is 9.13. The van der Waals surface area contributed by atoms with Gasteiger partial charge in [0.2, 0.25) is 0 Å². The standard InChI is InChI=1S/C24H26N4/c1-23(2,3)17-10-11-18-20(13-17)25-15-26-21(18)14-24(4,5)22-12-16-8-6-7-9-19(16)27-28-22/h6-13,15H,14H2,1-5H3. The van der Waals surface area contributed by atoms with Crippen LogP contribution in [-0.2, 0) is 17.3 Å². The number of hydrogen-bond donors (Lipinski definition) is 0. The van der Waals surface area contributed by atoms with Gasteiger partial charge < -0.3 is 0 Å². The van der Waals surface area contributed by atoms with E-state index in [-0.39, 0.29) is 10.8 Å². The van der Waals surface area contributed by atoms with Crippen molar-refractivity contribution in [1.82, 2.24) is 20.2 Å². The summed E-state index contributed by atoms with van der Waals surface area (Å²) >= 11 is 0. The van der Waals surface area contributed by atoms with E-state index in [9.17, 15) is 0 Å². The average molecular weight is 371 g/mol. The van der Waals surface area contributed by atoms with Crippen molar-refractivity contribution in [3.05, 3.63) is 71.8 Å². The van der Waals surface area contributed by atoms with Gasteiger partial charge in [-0.2, -0.15) is 10.2 Å². The second-order valence-electron chi connectivity index (χ2n) is 9.15. The molecular weight excluding hydrogens is 344 g/mol. The normalized spacial score (nSPS) is 12.6. The van der Waals surface area contributed by atoms with Gasteiger partial charge in [-0.15, -0.1) is 0 Å². The third kappa shape index (κ3) is 3.47. The largest absolute Gasteiger partial charge is 0.241 e. The Kier molecular flexibility index (Phi) is 4.37. The van der Waals surface area contributed by atoms with Crippen LogP contribution in [0.15, 0.2) is 54.9 Å². The van der Waals surface area contributed by atoms with Crippen LogP contribution < -0.4 is 0 Å². The predicted octanol–water partition coefficient (Wildman–Crippen LogP) is 5.39. The molecule has 2 heterocycles. The molecular formula is C24H26N4. The van der Waals surface area contributed by atoms with Gasteiger partial charge in [0.1, 0.15) is 6.33 Å². The summed E-state index contributed by atoms with van der Waals surface area (Å²) in [5, 5.41) is 11.1. The lowest BCUT2D eigenvalue weighted by atomic mass is 9.82. The Morgan fingerprint density at radius 3 is 2.36 bits per heavy atom. The Hall–Kier alpha value is -2.88. The molecule has 4 nitrogen and oxygen atoms in total. The maximum Gasteiger partial charge on any atom is 0.116 e. The molecule has 4 rings (SSSR count). The van der Waals surface area contributed by atoms with Gasteiger partial charge in [-0.05, 0) is 29.2 Å². The molecule has 0 saturated heterocycles. The molecule has 0 fully saturated rings. The molecule has 0 atom stereocenters. The Morgan fingerprint density at radius 2 is 1.57 bits per heavy atom. The average Bonchev–Trinajstić information content (AvgIpc) is 2.66. The van der Waals surface area contributed by atoms with Crippen molar-refractivity contribution in [2.75, 3.05) is 0 Å². The number of benzene rings is 2. The Labute approximate surface area is 166 Å². The van der Waals surface area contributed by atoms with E-state index in [0.29, 0.717) is 0 Å². The zero-order chi connectivity index (χ0) is 19.9. The van der Waals surface area contributed by atoms with Gasteiger partial charge in [0.25, 0.3) is 0 Å². The molecule has 142 valence electrons. The highest BCUT2D eigenvalue weighted by atomic mass is 15.1. The fourth-order valence-electron chi connectivity index (χ4n) is 3.54. The number of aromatic nitrogens is 4. The minimum Gasteiger partial charge on any atom is -0.241 e. The van der Waals surface area contributed by atoms with Gasteiger partial charge in [0.05, 0.1) is 22.4 Å². The van der Waals surface area contributed by atoms with Crippen molar-refractivity contribution in [3.8, 4) is 0 Å². The molecule has 0 saturated carbocycles. The maximum atomic E-state index is 4.61. The number of nitrogens with zero attached hydrogens (tertiary/aromatic N) is 4. The molecule has 0 amide bonds. The van der Waals surface area contributed by atoms with Gasteiger partial charge in [-0.1, -0.05) is 65.0 Å². The quantitative estimate of drug-likeness (QED) is 0.485. The predicted molar refractivity (Wildman–Crippen MR) is 115 cm³/mol. The Bertz CT molecular complexity index is 1160. The first-order chi connectivity index (χ1) is 13.2. The summed E-state index contributed by atoms with van der Waals surface area (Å²) in [5.41, 5.74) is 5.13. The molecule has 0 aliphatic rings. The SMILES string of the molecule is CC(C)(C)c1ccc2c(CC(C)(C)c3cc4ccccc4nn3)ncnc2c1. The van der Waals surface area contributed by atoms with Crippen molar-refractivity contribution >= 4 is 21.8 Å². The van der Waals surface area contributed by atoms with E-state index in [1.165, 1.54) is 5.56 Å². The van der Waals surface area contributed by atoms with Gasteiger partial charge in [0, 0.05) is 22.6 Å². The maximum absolute atomic E-state index is 4.61. The van der Waals surface area contributed by atoms with Crippen molar-refractivity contribution in [2.45, 2.75) is 51.9 Å².